The summed E-state index contributed by atoms with van der Waals surface area (Å²) < 4.78 is 41.5. The van der Waals surface area contributed by atoms with Crippen molar-refractivity contribution in [1.29, 1.82) is 0 Å². The molecule has 0 aromatic heterocycles. The summed E-state index contributed by atoms with van der Waals surface area (Å²) in [5, 5.41) is 0. The van der Waals surface area contributed by atoms with Gasteiger partial charge in [-0.1, -0.05) is 42.0 Å². The highest BCUT2D eigenvalue weighted by atomic mass is 32.2. The summed E-state index contributed by atoms with van der Waals surface area (Å²) in [4.78, 5) is 2.49. The lowest BCUT2D eigenvalue weighted by molar-refractivity contribution is -0.0329. The smallest absolute Gasteiger partial charge is 0.339 e. The van der Waals surface area contributed by atoms with E-state index in [-0.39, 0.29) is 16.7 Å². The lowest BCUT2D eigenvalue weighted by Crippen LogP contribution is -2.37. The third-order valence-electron chi connectivity index (χ3n) is 5.48. The molecule has 1 fully saturated rings. The molecule has 0 aliphatic carbocycles. The maximum absolute atomic E-state index is 12.5. The first-order chi connectivity index (χ1) is 15.4. The number of ether oxygens (including phenoxy) is 2. The Morgan fingerprint density at radius 2 is 1.59 bits per heavy atom. The summed E-state index contributed by atoms with van der Waals surface area (Å²) in [7, 11) is -2.20. The Balaban J connectivity index is 1.39. The van der Waals surface area contributed by atoms with E-state index >= 15 is 0 Å². The van der Waals surface area contributed by atoms with Crippen molar-refractivity contribution in [3.8, 4) is 11.5 Å². The van der Waals surface area contributed by atoms with Gasteiger partial charge in [0.25, 0.3) is 0 Å². The van der Waals surface area contributed by atoms with Crippen LogP contribution in [0.25, 0.3) is 0 Å². The van der Waals surface area contributed by atoms with Crippen molar-refractivity contribution in [3.63, 3.8) is 0 Å². The van der Waals surface area contributed by atoms with Gasteiger partial charge < -0.3 is 13.7 Å². The molecule has 1 heterocycles. The van der Waals surface area contributed by atoms with Crippen molar-refractivity contribution in [2.75, 3.05) is 26.8 Å². The molecular formula is C25H27NO5S. The van der Waals surface area contributed by atoms with Crippen LogP contribution in [-0.4, -0.2) is 40.1 Å². The van der Waals surface area contributed by atoms with Gasteiger partial charge in [-0.25, -0.2) is 0 Å². The molecule has 3 aromatic rings. The van der Waals surface area contributed by atoms with Crippen molar-refractivity contribution >= 4 is 10.1 Å². The molecule has 0 spiro atoms. The van der Waals surface area contributed by atoms with Gasteiger partial charge in [0, 0.05) is 19.6 Å². The monoisotopic (exact) mass is 453 g/mol. The van der Waals surface area contributed by atoms with E-state index in [1.54, 1.807) is 43.5 Å². The van der Waals surface area contributed by atoms with E-state index in [9.17, 15) is 8.42 Å². The zero-order valence-corrected chi connectivity index (χ0v) is 19.0. The molecule has 7 heteroatoms. The van der Waals surface area contributed by atoms with E-state index in [0.717, 1.165) is 36.5 Å². The Morgan fingerprint density at radius 3 is 2.25 bits per heavy atom. The van der Waals surface area contributed by atoms with Gasteiger partial charge in [0.2, 0.25) is 0 Å². The molecule has 4 rings (SSSR count). The highest BCUT2D eigenvalue weighted by Crippen LogP contribution is 2.27. The largest absolute Gasteiger partial charge is 0.497 e. The van der Waals surface area contributed by atoms with Gasteiger partial charge in [-0.15, -0.1) is 0 Å². The second-order valence-electron chi connectivity index (χ2n) is 7.86. The Kier molecular flexibility index (Phi) is 6.79. The molecule has 6 nitrogen and oxygen atoms in total. The van der Waals surface area contributed by atoms with E-state index in [0.29, 0.717) is 6.61 Å². The third kappa shape index (κ3) is 5.48. The summed E-state index contributed by atoms with van der Waals surface area (Å²) in [6.45, 7) is 4.99. The van der Waals surface area contributed by atoms with E-state index in [2.05, 4.69) is 17.0 Å². The van der Waals surface area contributed by atoms with Gasteiger partial charge in [-0.3, -0.25) is 4.90 Å². The Hall–Kier alpha value is -2.87. The highest BCUT2D eigenvalue weighted by Gasteiger charge is 2.23. The number of nitrogens with zero attached hydrogens (tertiary/aromatic N) is 1. The van der Waals surface area contributed by atoms with Crippen LogP contribution in [0, 0.1) is 6.92 Å². The first kappa shape index (κ1) is 22.3. The lowest BCUT2D eigenvalue weighted by atomic mass is 10.1. The summed E-state index contributed by atoms with van der Waals surface area (Å²) in [6.07, 6.45) is -0.0789. The molecule has 0 radical (unpaired) electrons. The van der Waals surface area contributed by atoms with Crippen LogP contribution < -0.4 is 8.92 Å². The molecule has 0 N–H and O–H groups in total. The van der Waals surface area contributed by atoms with Crippen LogP contribution in [0.3, 0.4) is 0 Å². The zero-order chi connectivity index (χ0) is 22.6. The van der Waals surface area contributed by atoms with Crippen LogP contribution in [0.2, 0.25) is 0 Å². The Labute approximate surface area is 189 Å². The fourth-order valence-corrected chi connectivity index (χ4v) is 4.58. The minimum absolute atomic E-state index is 0.0789. The van der Waals surface area contributed by atoms with E-state index in [1.807, 2.05) is 31.2 Å². The number of benzene rings is 3. The summed E-state index contributed by atoms with van der Waals surface area (Å²) >= 11 is 0. The van der Waals surface area contributed by atoms with Gasteiger partial charge in [0.15, 0.2) is 0 Å². The predicted octanol–water partition coefficient (Wildman–Crippen LogP) is 4.34. The van der Waals surface area contributed by atoms with Crippen molar-refractivity contribution in [1.82, 2.24) is 4.90 Å². The van der Waals surface area contributed by atoms with Crippen molar-refractivity contribution < 1.29 is 22.1 Å². The van der Waals surface area contributed by atoms with Gasteiger partial charge in [-0.05, 0) is 54.4 Å². The van der Waals surface area contributed by atoms with E-state index in [4.69, 9.17) is 13.7 Å². The van der Waals surface area contributed by atoms with E-state index < -0.39 is 10.1 Å². The number of morpholine rings is 1. The van der Waals surface area contributed by atoms with Crippen LogP contribution in [0.5, 0.6) is 11.5 Å². The molecule has 1 aliphatic heterocycles. The second kappa shape index (κ2) is 9.73. The SMILES string of the molecule is COc1ccc(CN2CCO[C@@H](c3ccc(OS(=O)(=O)c4ccc(C)cc4)cc3)C2)cc1. The molecule has 1 aliphatic rings. The molecular weight excluding hydrogens is 426 g/mol. The molecule has 0 bridgehead atoms. The van der Waals surface area contributed by atoms with Crippen LogP contribution >= 0.6 is 0 Å². The average molecular weight is 454 g/mol. The normalized spacial score (nSPS) is 17.1. The third-order valence-corrected chi connectivity index (χ3v) is 6.74. The van der Waals surface area contributed by atoms with Crippen molar-refractivity contribution in [3.05, 3.63) is 89.5 Å². The van der Waals surface area contributed by atoms with Crippen LogP contribution in [-0.2, 0) is 21.4 Å². The number of rotatable bonds is 7. The maximum Gasteiger partial charge on any atom is 0.339 e. The summed E-state index contributed by atoms with van der Waals surface area (Å²) in [5.74, 6) is 1.13. The van der Waals surface area contributed by atoms with Gasteiger partial charge >= 0.3 is 10.1 Å². The lowest BCUT2D eigenvalue weighted by Gasteiger charge is -2.33. The number of hydrogen-bond donors (Lipinski definition) is 0. The van der Waals surface area contributed by atoms with E-state index in [1.165, 1.54) is 5.56 Å². The minimum atomic E-state index is -3.86. The quantitative estimate of drug-likeness (QED) is 0.496. The Bertz CT molecular complexity index is 1130. The highest BCUT2D eigenvalue weighted by molar-refractivity contribution is 7.87. The second-order valence-corrected chi connectivity index (χ2v) is 9.41. The van der Waals surface area contributed by atoms with Crippen molar-refractivity contribution in [2.24, 2.45) is 0 Å². The van der Waals surface area contributed by atoms with Crippen molar-refractivity contribution in [2.45, 2.75) is 24.5 Å². The fourth-order valence-electron chi connectivity index (χ4n) is 3.65. The molecule has 0 amide bonds. The first-order valence-corrected chi connectivity index (χ1v) is 11.9. The van der Waals surface area contributed by atoms with Crippen LogP contribution in [0.15, 0.2) is 77.7 Å². The molecule has 3 aromatic carbocycles. The molecule has 1 saturated heterocycles. The minimum Gasteiger partial charge on any atom is -0.497 e. The zero-order valence-electron chi connectivity index (χ0n) is 18.2. The maximum atomic E-state index is 12.5. The predicted molar refractivity (Wildman–Crippen MR) is 122 cm³/mol. The van der Waals surface area contributed by atoms with Crippen LogP contribution in [0.1, 0.15) is 22.8 Å². The standard InChI is InChI=1S/C25H27NO5S/c1-19-3-13-24(14-4-19)32(27,28)31-23-11-7-21(8-12-23)25-18-26(15-16-30-25)17-20-5-9-22(29-2)10-6-20/h3-14,25H,15-18H2,1-2H3/t25-/m1/s1. The topological polar surface area (TPSA) is 65.1 Å². The molecule has 0 saturated carbocycles. The van der Waals surface area contributed by atoms with Crippen LogP contribution in [0.4, 0.5) is 0 Å². The summed E-state index contributed by atoms with van der Waals surface area (Å²) in [6, 6.07) is 21.7. The Morgan fingerprint density at radius 1 is 0.938 bits per heavy atom. The fraction of sp³-hybridized carbons (Fsp3) is 0.280. The molecule has 0 unspecified atom stereocenters. The number of aryl methyl sites for hydroxylation is 1. The van der Waals surface area contributed by atoms with Gasteiger partial charge in [0.05, 0.1) is 19.8 Å². The first-order valence-electron chi connectivity index (χ1n) is 10.5. The molecule has 1 atom stereocenters. The summed E-state index contributed by atoms with van der Waals surface area (Å²) in [5.41, 5.74) is 3.20. The number of methoxy groups -OCH3 is 1. The average Bonchev–Trinajstić information content (AvgIpc) is 2.80. The molecule has 32 heavy (non-hydrogen) atoms. The van der Waals surface area contributed by atoms with Gasteiger partial charge in [-0.2, -0.15) is 8.42 Å². The molecule has 168 valence electrons. The number of hydrogen-bond acceptors (Lipinski definition) is 6. The van der Waals surface area contributed by atoms with Gasteiger partial charge in [0.1, 0.15) is 16.4 Å².